The zero-order chi connectivity index (χ0) is 21.2. The van der Waals surface area contributed by atoms with Crippen LogP contribution in [0.2, 0.25) is 0 Å². The molecule has 0 spiro atoms. The average Bonchev–Trinajstić information content (AvgIpc) is 3.28. The molecule has 0 saturated carbocycles. The van der Waals surface area contributed by atoms with Gasteiger partial charge in [-0.3, -0.25) is 4.79 Å². The van der Waals surface area contributed by atoms with Crippen molar-refractivity contribution in [3.8, 4) is 22.6 Å². The molecular weight excluding hydrogens is 400 g/mol. The molecule has 3 aromatic rings. The van der Waals surface area contributed by atoms with Crippen LogP contribution in [-0.4, -0.2) is 36.4 Å². The Bertz CT molecular complexity index is 1080. The van der Waals surface area contributed by atoms with Gasteiger partial charge in [0.1, 0.15) is 5.69 Å². The van der Waals surface area contributed by atoms with Gasteiger partial charge in [-0.15, -0.1) is 0 Å². The van der Waals surface area contributed by atoms with E-state index in [0.717, 1.165) is 16.8 Å². The molecule has 1 fully saturated rings. The highest BCUT2D eigenvalue weighted by Gasteiger charge is 2.39. The van der Waals surface area contributed by atoms with Gasteiger partial charge >= 0.3 is 0 Å². The number of nitrogens with zero attached hydrogens (tertiary/aromatic N) is 1. The van der Waals surface area contributed by atoms with E-state index in [1.807, 2.05) is 60.7 Å². The van der Waals surface area contributed by atoms with Gasteiger partial charge in [0.25, 0.3) is 0 Å². The number of carbonyl (C=O) groups is 1. The Morgan fingerprint density at radius 1 is 1.07 bits per heavy atom. The van der Waals surface area contributed by atoms with Gasteiger partial charge in [0.2, 0.25) is 5.91 Å². The molecule has 6 nitrogen and oxygen atoms in total. The molecule has 0 aliphatic carbocycles. The van der Waals surface area contributed by atoms with Crippen LogP contribution in [-0.2, 0) is 21.1 Å². The molecule has 1 atom stereocenters. The van der Waals surface area contributed by atoms with Crippen LogP contribution >= 0.6 is 0 Å². The summed E-state index contributed by atoms with van der Waals surface area (Å²) in [4.78, 5) is 17.1. The second-order valence-electron chi connectivity index (χ2n) is 7.97. The lowest BCUT2D eigenvalue weighted by Crippen LogP contribution is -2.47. The van der Waals surface area contributed by atoms with Crippen molar-refractivity contribution in [1.29, 1.82) is 0 Å². The van der Waals surface area contributed by atoms with Crippen LogP contribution in [0.5, 0.6) is 0 Å². The fraction of sp³-hybridized carbons (Fsp3) is 0.304. The Hall–Kier alpha value is -2.93. The number of benzene rings is 2. The smallest absolute Gasteiger partial charge is 0.220 e. The van der Waals surface area contributed by atoms with Gasteiger partial charge in [0.05, 0.1) is 17.0 Å². The van der Waals surface area contributed by atoms with Gasteiger partial charge in [0, 0.05) is 24.0 Å². The topological polar surface area (TPSA) is 89.3 Å². The summed E-state index contributed by atoms with van der Waals surface area (Å²) in [6, 6.07) is 19.5. The highest BCUT2D eigenvalue weighted by molar-refractivity contribution is 7.91. The Balaban J connectivity index is 1.51. The summed E-state index contributed by atoms with van der Waals surface area (Å²) in [5, 5.41) is 2.88. The van der Waals surface area contributed by atoms with Crippen molar-refractivity contribution >= 4 is 15.7 Å². The molecule has 2 aromatic carbocycles. The molecule has 0 radical (unpaired) electrons. The summed E-state index contributed by atoms with van der Waals surface area (Å²) in [7, 11) is -3.08. The number of aromatic nitrogens is 1. The van der Waals surface area contributed by atoms with E-state index in [1.54, 1.807) is 6.92 Å². The fourth-order valence-electron chi connectivity index (χ4n) is 3.78. The van der Waals surface area contributed by atoms with Crippen LogP contribution in [0.1, 0.15) is 25.7 Å². The number of oxazole rings is 1. The van der Waals surface area contributed by atoms with Crippen LogP contribution in [0, 0.1) is 0 Å². The summed E-state index contributed by atoms with van der Waals surface area (Å²) in [5.74, 6) is 1.05. The van der Waals surface area contributed by atoms with E-state index in [0.29, 0.717) is 24.5 Å². The lowest BCUT2D eigenvalue weighted by Gasteiger charge is -2.23. The predicted octanol–water partition coefficient (Wildman–Crippen LogP) is 3.63. The van der Waals surface area contributed by atoms with Crippen molar-refractivity contribution in [2.24, 2.45) is 0 Å². The third-order valence-electron chi connectivity index (χ3n) is 5.27. The Morgan fingerprint density at radius 3 is 2.30 bits per heavy atom. The first-order valence-electron chi connectivity index (χ1n) is 9.96. The average molecular weight is 425 g/mol. The molecule has 1 aliphatic heterocycles. The van der Waals surface area contributed by atoms with Crippen molar-refractivity contribution < 1.29 is 17.6 Å². The van der Waals surface area contributed by atoms with Crippen LogP contribution in [0.15, 0.2) is 65.1 Å². The van der Waals surface area contributed by atoms with Crippen molar-refractivity contribution in [1.82, 2.24) is 10.3 Å². The summed E-state index contributed by atoms with van der Waals surface area (Å²) in [6.07, 6.45) is 0.955. The summed E-state index contributed by atoms with van der Waals surface area (Å²) < 4.78 is 29.5. The number of rotatable bonds is 6. The number of sulfone groups is 1. The molecular formula is C23H24N2O4S. The number of hydrogen-bond donors (Lipinski definition) is 1. The summed E-state index contributed by atoms with van der Waals surface area (Å²) in [6.45, 7) is 1.78. The number of hydrogen-bond acceptors (Lipinski definition) is 5. The van der Waals surface area contributed by atoms with Crippen molar-refractivity contribution in [2.75, 3.05) is 11.5 Å². The van der Waals surface area contributed by atoms with Crippen LogP contribution < -0.4 is 5.32 Å². The maximum absolute atomic E-state index is 12.4. The van der Waals surface area contributed by atoms with E-state index in [-0.39, 0.29) is 23.8 Å². The zero-order valence-corrected chi connectivity index (χ0v) is 17.6. The van der Waals surface area contributed by atoms with Crippen LogP contribution in [0.3, 0.4) is 0 Å². The first-order chi connectivity index (χ1) is 14.3. The third kappa shape index (κ3) is 4.62. The molecule has 30 heavy (non-hydrogen) atoms. The molecule has 156 valence electrons. The molecule has 0 bridgehead atoms. The zero-order valence-electron chi connectivity index (χ0n) is 16.8. The van der Waals surface area contributed by atoms with Crippen LogP contribution in [0.4, 0.5) is 0 Å². The monoisotopic (exact) mass is 424 g/mol. The van der Waals surface area contributed by atoms with E-state index in [1.165, 1.54) is 0 Å². The van der Waals surface area contributed by atoms with Gasteiger partial charge in [-0.1, -0.05) is 60.7 Å². The predicted molar refractivity (Wildman–Crippen MR) is 116 cm³/mol. The lowest BCUT2D eigenvalue weighted by atomic mass is 10.0. The molecule has 1 N–H and O–H groups in total. The maximum Gasteiger partial charge on any atom is 0.220 e. The molecule has 1 amide bonds. The lowest BCUT2D eigenvalue weighted by molar-refractivity contribution is -0.122. The largest absolute Gasteiger partial charge is 0.440 e. The normalized spacial score (nSPS) is 20.2. The molecule has 2 heterocycles. The van der Waals surface area contributed by atoms with E-state index in [9.17, 15) is 13.2 Å². The van der Waals surface area contributed by atoms with E-state index < -0.39 is 15.4 Å². The van der Waals surface area contributed by atoms with E-state index in [4.69, 9.17) is 4.42 Å². The van der Waals surface area contributed by atoms with Gasteiger partial charge in [-0.2, -0.15) is 0 Å². The van der Waals surface area contributed by atoms with Crippen molar-refractivity contribution in [2.45, 2.75) is 31.7 Å². The van der Waals surface area contributed by atoms with E-state index >= 15 is 0 Å². The van der Waals surface area contributed by atoms with Gasteiger partial charge in [-0.05, 0) is 13.3 Å². The highest BCUT2D eigenvalue weighted by atomic mass is 32.2. The highest BCUT2D eigenvalue weighted by Crippen LogP contribution is 2.33. The standard InChI is InChI=1S/C23H24N2O4S/c1-23(14-15-30(27,28)16-23)25-19(26)12-13-20-24-21(17-8-4-2-5-9-17)22(29-20)18-10-6-3-7-11-18/h2-11H,12-16H2,1H3,(H,25,26). The minimum Gasteiger partial charge on any atom is -0.440 e. The summed E-state index contributed by atoms with van der Waals surface area (Å²) >= 11 is 0. The third-order valence-corrected chi connectivity index (χ3v) is 7.17. The van der Waals surface area contributed by atoms with E-state index in [2.05, 4.69) is 10.3 Å². The SMILES string of the molecule is CC1(NC(=O)CCc2nc(-c3ccccc3)c(-c3ccccc3)o2)CCS(=O)(=O)C1. The maximum atomic E-state index is 12.4. The molecule has 1 unspecified atom stereocenters. The van der Waals surface area contributed by atoms with Crippen molar-refractivity contribution in [3.63, 3.8) is 0 Å². The number of aryl methyl sites for hydroxylation is 1. The molecule has 1 saturated heterocycles. The minimum atomic E-state index is -3.08. The van der Waals surface area contributed by atoms with Gasteiger partial charge < -0.3 is 9.73 Å². The quantitative estimate of drug-likeness (QED) is 0.653. The Kier molecular flexibility index (Phi) is 5.47. The van der Waals surface area contributed by atoms with Gasteiger partial charge in [-0.25, -0.2) is 13.4 Å². The molecule has 7 heteroatoms. The molecule has 1 aromatic heterocycles. The molecule has 1 aliphatic rings. The number of carbonyl (C=O) groups excluding carboxylic acids is 1. The van der Waals surface area contributed by atoms with Gasteiger partial charge in [0.15, 0.2) is 21.5 Å². The number of nitrogens with one attached hydrogen (secondary N) is 1. The molecule has 4 rings (SSSR count). The van der Waals surface area contributed by atoms with Crippen molar-refractivity contribution in [3.05, 3.63) is 66.6 Å². The number of amides is 1. The Labute approximate surface area is 176 Å². The first-order valence-corrected chi connectivity index (χ1v) is 11.8. The van der Waals surface area contributed by atoms with Crippen LogP contribution in [0.25, 0.3) is 22.6 Å². The minimum absolute atomic E-state index is 0.0128. The second kappa shape index (κ2) is 8.07. The first kappa shape index (κ1) is 20.3. The fourth-order valence-corrected chi connectivity index (χ4v) is 5.87. The Morgan fingerprint density at radius 2 is 1.70 bits per heavy atom. The second-order valence-corrected chi connectivity index (χ2v) is 10.2. The summed E-state index contributed by atoms with van der Waals surface area (Å²) in [5.41, 5.74) is 1.91.